The van der Waals surface area contributed by atoms with Crippen LogP contribution in [0.4, 0.5) is 10.2 Å². The van der Waals surface area contributed by atoms with E-state index >= 15 is 0 Å². The summed E-state index contributed by atoms with van der Waals surface area (Å²) in [5.41, 5.74) is 9.22. The molecule has 7 heteroatoms. The van der Waals surface area contributed by atoms with Gasteiger partial charge in [-0.3, -0.25) is 9.58 Å². The van der Waals surface area contributed by atoms with Crippen molar-refractivity contribution in [2.24, 2.45) is 11.8 Å². The van der Waals surface area contributed by atoms with Gasteiger partial charge in [0.05, 0.1) is 18.9 Å². The number of rotatable bonds is 5. The average Bonchev–Trinajstić information content (AvgIpc) is 3.10. The summed E-state index contributed by atoms with van der Waals surface area (Å²) in [5, 5.41) is 4.87. The van der Waals surface area contributed by atoms with Gasteiger partial charge in [0.15, 0.2) is 0 Å². The highest BCUT2D eigenvalue weighted by Crippen LogP contribution is 2.64. The fourth-order valence-corrected chi connectivity index (χ4v) is 5.47. The normalized spacial score (nSPS) is 29.4. The molecule has 0 aromatic carbocycles. The van der Waals surface area contributed by atoms with E-state index in [1.54, 1.807) is 12.3 Å². The maximum atomic E-state index is 13.2. The molecule has 1 saturated heterocycles. The summed E-state index contributed by atoms with van der Waals surface area (Å²) in [6.07, 6.45) is 4.26. The lowest BCUT2D eigenvalue weighted by molar-refractivity contribution is 0.0151. The van der Waals surface area contributed by atoms with E-state index in [0.29, 0.717) is 17.5 Å². The van der Waals surface area contributed by atoms with Crippen molar-refractivity contribution in [2.75, 3.05) is 32.0 Å². The van der Waals surface area contributed by atoms with E-state index in [-0.39, 0.29) is 11.9 Å². The second-order valence-corrected chi connectivity index (χ2v) is 9.02. The zero-order valence-corrected chi connectivity index (χ0v) is 17.2. The molecule has 0 unspecified atom stereocenters. The third-order valence-corrected chi connectivity index (χ3v) is 7.02. The molecule has 0 amide bonds. The molecule has 0 spiro atoms. The van der Waals surface area contributed by atoms with E-state index in [0.717, 1.165) is 49.4 Å². The molecular formula is C22H30FN5O. The first-order valence-corrected chi connectivity index (χ1v) is 10.8. The van der Waals surface area contributed by atoms with Crippen molar-refractivity contribution < 1.29 is 9.13 Å². The molecule has 1 aliphatic heterocycles. The van der Waals surface area contributed by atoms with E-state index in [4.69, 9.17) is 15.6 Å². The smallest absolute Gasteiger partial charge is 0.129 e. The highest BCUT2D eigenvalue weighted by Gasteiger charge is 2.58. The SMILES string of the molecule is CC(C)n1nc(-c2cnc(N)c(CF)c2)cc1[C@H]1[C@@H]2C[C@@H](N3CCOCC3)C[C@@H]21. The molecule has 2 saturated carbocycles. The Morgan fingerprint density at radius 3 is 2.59 bits per heavy atom. The number of nitrogens with two attached hydrogens (primary N) is 1. The Morgan fingerprint density at radius 1 is 1.21 bits per heavy atom. The molecule has 2 aromatic heterocycles. The lowest BCUT2D eigenvalue weighted by atomic mass is 10.0. The van der Waals surface area contributed by atoms with Crippen molar-refractivity contribution in [1.29, 1.82) is 0 Å². The van der Waals surface area contributed by atoms with Gasteiger partial charge >= 0.3 is 0 Å². The number of fused-ring (bicyclic) bond motifs is 1. The Bertz CT molecular complexity index is 879. The van der Waals surface area contributed by atoms with Gasteiger partial charge in [0.2, 0.25) is 0 Å². The second kappa shape index (κ2) is 7.36. The van der Waals surface area contributed by atoms with Crippen molar-refractivity contribution >= 4 is 5.82 Å². The maximum absolute atomic E-state index is 13.2. The summed E-state index contributed by atoms with van der Waals surface area (Å²) in [7, 11) is 0. The van der Waals surface area contributed by atoms with Crippen LogP contribution in [0.3, 0.4) is 0 Å². The highest BCUT2D eigenvalue weighted by atomic mass is 19.1. The number of aromatic nitrogens is 3. The van der Waals surface area contributed by atoms with Crippen LogP contribution >= 0.6 is 0 Å². The maximum Gasteiger partial charge on any atom is 0.129 e. The molecule has 5 rings (SSSR count). The molecule has 156 valence electrons. The molecule has 0 bridgehead atoms. The number of hydrogen-bond acceptors (Lipinski definition) is 5. The van der Waals surface area contributed by atoms with Gasteiger partial charge in [0.25, 0.3) is 0 Å². The third-order valence-electron chi connectivity index (χ3n) is 7.02. The Hall–Kier alpha value is -1.99. The van der Waals surface area contributed by atoms with Gasteiger partial charge in [0.1, 0.15) is 12.5 Å². The third kappa shape index (κ3) is 3.34. The van der Waals surface area contributed by atoms with Crippen LogP contribution in [0.1, 0.15) is 49.9 Å². The predicted octanol–water partition coefficient (Wildman–Crippen LogP) is 3.40. The van der Waals surface area contributed by atoms with Gasteiger partial charge in [-0.1, -0.05) is 0 Å². The molecule has 0 radical (unpaired) electrons. The summed E-state index contributed by atoms with van der Waals surface area (Å²) < 4.78 is 20.9. The van der Waals surface area contributed by atoms with Crippen molar-refractivity contribution in [3.63, 3.8) is 0 Å². The highest BCUT2D eigenvalue weighted by molar-refractivity contribution is 5.62. The molecule has 3 aliphatic rings. The summed E-state index contributed by atoms with van der Waals surface area (Å²) >= 11 is 0. The number of hydrogen-bond donors (Lipinski definition) is 1. The molecular weight excluding hydrogens is 369 g/mol. The zero-order chi connectivity index (χ0) is 20.1. The van der Waals surface area contributed by atoms with Gasteiger partial charge in [0, 0.05) is 54.1 Å². The number of ether oxygens (including phenoxy) is 1. The Morgan fingerprint density at radius 2 is 1.93 bits per heavy atom. The summed E-state index contributed by atoms with van der Waals surface area (Å²) in [5.74, 6) is 2.37. The van der Waals surface area contributed by atoms with Crippen LogP contribution in [0.25, 0.3) is 11.3 Å². The Labute approximate surface area is 171 Å². The van der Waals surface area contributed by atoms with Crippen molar-refractivity contribution in [3.8, 4) is 11.3 Å². The van der Waals surface area contributed by atoms with E-state index in [1.165, 1.54) is 18.5 Å². The number of halogens is 1. The van der Waals surface area contributed by atoms with E-state index in [2.05, 4.69) is 34.5 Å². The van der Waals surface area contributed by atoms with Gasteiger partial charge in [-0.2, -0.15) is 5.10 Å². The molecule has 3 heterocycles. The van der Waals surface area contributed by atoms with E-state index in [9.17, 15) is 4.39 Å². The molecule has 29 heavy (non-hydrogen) atoms. The minimum Gasteiger partial charge on any atom is -0.383 e. The van der Waals surface area contributed by atoms with E-state index in [1.807, 2.05) is 0 Å². The average molecular weight is 400 g/mol. The van der Waals surface area contributed by atoms with Crippen LogP contribution < -0.4 is 5.73 Å². The van der Waals surface area contributed by atoms with Crippen LogP contribution in [-0.2, 0) is 11.4 Å². The van der Waals surface area contributed by atoms with Crippen LogP contribution in [0.15, 0.2) is 18.3 Å². The molecule has 3 fully saturated rings. The van der Waals surface area contributed by atoms with Gasteiger partial charge < -0.3 is 10.5 Å². The van der Waals surface area contributed by atoms with Crippen LogP contribution in [0, 0.1) is 11.8 Å². The molecule has 2 aliphatic carbocycles. The van der Waals surface area contributed by atoms with Crippen LogP contribution in [-0.4, -0.2) is 52.0 Å². The second-order valence-electron chi connectivity index (χ2n) is 9.02. The molecule has 4 atom stereocenters. The van der Waals surface area contributed by atoms with Crippen molar-refractivity contribution in [3.05, 3.63) is 29.6 Å². The first-order chi connectivity index (χ1) is 14.1. The monoisotopic (exact) mass is 399 g/mol. The number of pyridine rings is 1. The number of alkyl halides is 1. The lowest BCUT2D eigenvalue weighted by Gasteiger charge is -2.33. The van der Waals surface area contributed by atoms with Crippen molar-refractivity contribution in [1.82, 2.24) is 19.7 Å². The Balaban J connectivity index is 1.37. The largest absolute Gasteiger partial charge is 0.383 e. The van der Waals surface area contributed by atoms with Crippen LogP contribution in [0.5, 0.6) is 0 Å². The fourth-order valence-electron chi connectivity index (χ4n) is 5.47. The van der Waals surface area contributed by atoms with Crippen LogP contribution in [0.2, 0.25) is 0 Å². The summed E-state index contributed by atoms with van der Waals surface area (Å²) in [6.45, 7) is 7.62. The number of morpholine rings is 1. The Kier molecular flexibility index (Phi) is 4.82. The number of nitrogens with zero attached hydrogens (tertiary/aromatic N) is 4. The first kappa shape index (κ1) is 19.0. The summed E-state index contributed by atoms with van der Waals surface area (Å²) in [4.78, 5) is 6.78. The number of anilines is 1. The zero-order valence-electron chi connectivity index (χ0n) is 17.2. The lowest BCUT2D eigenvalue weighted by Crippen LogP contribution is -2.43. The quantitative estimate of drug-likeness (QED) is 0.835. The topological polar surface area (TPSA) is 69.2 Å². The van der Waals surface area contributed by atoms with E-state index < -0.39 is 6.67 Å². The van der Waals surface area contributed by atoms with Crippen molar-refractivity contribution in [2.45, 2.75) is 51.4 Å². The first-order valence-electron chi connectivity index (χ1n) is 10.8. The standard InChI is InChI=1S/C22H30FN5O/c1-13(2)28-20(10-19(26-28)15-7-14(11-23)22(24)25-12-15)21-17-8-16(9-18(17)21)27-3-5-29-6-4-27/h7,10,12-13,16-18,21H,3-6,8-9,11H2,1-2H3,(H2,24,25)/t16-,17-,18+,21+. The fraction of sp³-hybridized carbons (Fsp3) is 0.636. The molecule has 2 aromatic rings. The van der Waals surface area contributed by atoms with Gasteiger partial charge in [-0.15, -0.1) is 0 Å². The summed E-state index contributed by atoms with van der Waals surface area (Å²) in [6, 6.07) is 4.98. The minimum absolute atomic E-state index is 0.255. The van der Waals surface area contributed by atoms with Gasteiger partial charge in [-0.05, 0) is 50.7 Å². The number of nitrogen functional groups attached to an aromatic ring is 1. The molecule has 2 N–H and O–H groups in total. The predicted molar refractivity (Wildman–Crippen MR) is 110 cm³/mol. The molecule has 6 nitrogen and oxygen atoms in total. The van der Waals surface area contributed by atoms with Gasteiger partial charge in [-0.25, -0.2) is 9.37 Å². The minimum atomic E-state index is -0.611.